The number of amides is 1. The molecule has 0 unspecified atom stereocenters. The van der Waals surface area contributed by atoms with Crippen LogP contribution in [-0.2, 0) is 6.18 Å². The van der Waals surface area contributed by atoms with Gasteiger partial charge in [0.1, 0.15) is 5.15 Å². The second kappa shape index (κ2) is 8.20. The molecule has 0 aliphatic rings. The van der Waals surface area contributed by atoms with Crippen molar-refractivity contribution in [3.05, 3.63) is 76.3 Å². The van der Waals surface area contributed by atoms with E-state index in [1.165, 1.54) is 18.2 Å². The average molecular weight is 403 g/mol. The van der Waals surface area contributed by atoms with E-state index in [2.05, 4.69) is 10.1 Å². The molecular formula is C16H11Cl2F3N4O. The van der Waals surface area contributed by atoms with Crippen molar-refractivity contribution in [3.63, 3.8) is 0 Å². The normalized spacial score (nSPS) is 10.8. The highest BCUT2D eigenvalue weighted by atomic mass is 35.5. The summed E-state index contributed by atoms with van der Waals surface area (Å²) in [4.78, 5) is 14.9. The van der Waals surface area contributed by atoms with Crippen LogP contribution in [-0.4, -0.2) is 20.7 Å². The Morgan fingerprint density at radius 1 is 1.08 bits per heavy atom. The number of halogens is 5. The van der Waals surface area contributed by atoms with Gasteiger partial charge in [0.25, 0.3) is 0 Å². The summed E-state index contributed by atoms with van der Waals surface area (Å²) in [6, 6.07) is 10.3. The molecule has 0 aliphatic heterocycles. The Kier molecular flexibility index (Phi) is 6.23. The van der Waals surface area contributed by atoms with E-state index >= 15 is 0 Å². The van der Waals surface area contributed by atoms with Crippen molar-refractivity contribution in [1.82, 2.24) is 14.8 Å². The Morgan fingerprint density at radius 3 is 2.15 bits per heavy atom. The predicted molar refractivity (Wildman–Crippen MR) is 91.3 cm³/mol. The Bertz CT molecular complexity index is 872. The van der Waals surface area contributed by atoms with E-state index in [4.69, 9.17) is 28.9 Å². The summed E-state index contributed by atoms with van der Waals surface area (Å²) < 4.78 is 38.5. The summed E-state index contributed by atoms with van der Waals surface area (Å²) in [5.74, 6) is -0.809. The second-order valence-electron chi connectivity index (χ2n) is 4.81. The molecule has 2 aromatic heterocycles. The third kappa shape index (κ3) is 4.96. The molecule has 10 heteroatoms. The van der Waals surface area contributed by atoms with E-state index in [0.29, 0.717) is 6.07 Å². The van der Waals surface area contributed by atoms with Crippen LogP contribution in [0.2, 0.25) is 10.2 Å². The average Bonchev–Trinajstić information content (AvgIpc) is 2.99. The van der Waals surface area contributed by atoms with Gasteiger partial charge in [0, 0.05) is 18.5 Å². The number of rotatable bonds is 2. The van der Waals surface area contributed by atoms with Gasteiger partial charge in [-0.15, -0.1) is 0 Å². The lowest BCUT2D eigenvalue weighted by molar-refractivity contribution is -0.141. The molecular weight excluding hydrogens is 392 g/mol. The summed E-state index contributed by atoms with van der Waals surface area (Å²) in [6.45, 7) is 0. The number of carbonyl (C=O) groups excluding carboxylic acids is 1. The van der Waals surface area contributed by atoms with Gasteiger partial charge in [0.15, 0.2) is 5.69 Å². The predicted octanol–water partition coefficient (Wildman–Crippen LogP) is 4.38. The molecule has 1 amide bonds. The number of alkyl halides is 3. The van der Waals surface area contributed by atoms with Crippen molar-refractivity contribution < 1.29 is 18.0 Å². The summed E-state index contributed by atoms with van der Waals surface area (Å²) >= 11 is 11.5. The Balaban J connectivity index is 0.000000342. The van der Waals surface area contributed by atoms with Gasteiger partial charge in [-0.25, -0.2) is 4.68 Å². The number of aromatic nitrogens is 3. The molecule has 5 nitrogen and oxygen atoms in total. The monoisotopic (exact) mass is 402 g/mol. The lowest BCUT2D eigenvalue weighted by Crippen LogP contribution is -2.12. The Morgan fingerprint density at radius 2 is 1.73 bits per heavy atom. The van der Waals surface area contributed by atoms with Gasteiger partial charge in [0.05, 0.1) is 16.3 Å². The zero-order valence-corrected chi connectivity index (χ0v) is 14.4. The highest BCUT2D eigenvalue weighted by molar-refractivity contribution is 6.34. The molecule has 3 rings (SSSR count). The molecule has 0 atom stereocenters. The summed E-state index contributed by atoms with van der Waals surface area (Å²) in [6.07, 6.45) is -1.12. The van der Waals surface area contributed by atoms with Crippen LogP contribution in [0.1, 0.15) is 16.1 Å². The first-order valence-corrected chi connectivity index (χ1v) is 7.73. The Labute approximate surface area is 156 Å². The maximum absolute atomic E-state index is 12.5. The number of nitrogens with two attached hydrogens (primary N) is 1. The zero-order valence-electron chi connectivity index (χ0n) is 12.9. The third-order valence-corrected chi connectivity index (χ3v) is 3.58. The molecule has 2 N–H and O–H groups in total. The van der Waals surface area contributed by atoms with Gasteiger partial charge < -0.3 is 5.73 Å². The Hall–Kier alpha value is -2.58. The molecule has 0 radical (unpaired) electrons. The van der Waals surface area contributed by atoms with E-state index in [9.17, 15) is 18.0 Å². The lowest BCUT2D eigenvalue weighted by Gasteiger charge is -2.06. The first-order chi connectivity index (χ1) is 12.2. The molecule has 0 saturated heterocycles. The van der Waals surface area contributed by atoms with Gasteiger partial charge in [0.2, 0.25) is 5.91 Å². The molecule has 0 spiro atoms. The maximum Gasteiger partial charge on any atom is 0.435 e. The fourth-order valence-corrected chi connectivity index (χ4v) is 2.27. The molecule has 0 aliphatic carbocycles. The molecule has 3 aromatic rings. The number of nitrogens with zero attached hydrogens (tertiary/aromatic N) is 3. The first kappa shape index (κ1) is 19.7. The summed E-state index contributed by atoms with van der Waals surface area (Å²) in [5.41, 5.74) is 4.07. The fraction of sp³-hybridized carbons (Fsp3) is 0.0625. The first-order valence-electron chi connectivity index (χ1n) is 6.97. The minimum absolute atomic E-state index is 0.0377. The SMILES string of the molecule is NC(=O)c1cc(-n2nc(C(F)(F)F)cc2Cl)ccc1Cl.c1ccncc1. The molecule has 0 fully saturated rings. The van der Waals surface area contributed by atoms with Crippen molar-refractivity contribution in [2.45, 2.75) is 6.18 Å². The topological polar surface area (TPSA) is 73.8 Å². The van der Waals surface area contributed by atoms with Crippen molar-refractivity contribution in [3.8, 4) is 5.69 Å². The van der Waals surface area contributed by atoms with Gasteiger partial charge >= 0.3 is 6.18 Å². The van der Waals surface area contributed by atoms with Crippen LogP contribution >= 0.6 is 23.2 Å². The number of hydrogen-bond acceptors (Lipinski definition) is 3. The number of pyridine rings is 1. The van der Waals surface area contributed by atoms with Gasteiger partial charge in [-0.2, -0.15) is 18.3 Å². The third-order valence-electron chi connectivity index (χ3n) is 2.98. The van der Waals surface area contributed by atoms with Crippen LogP contribution in [0.5, 0.6) is 0 Å². The minimum atomic E-state index is -4.62. The highest BCUT2D eigenvalue weighted by Crippen LogP contribution is 2.31. The van der Waals surface area contributed by atoms with Crippen LogP contribution in [0.15, 0.2) is 54.9 Å². The van der Waals surface area contributed by atoms with Crippen molar-refractivity contribution in [1.29, 1.82) is 0 Å². The van der Waals surface area contributed by atoms with E-state index in [1.54, 1.807) is 12.4 Å². The van der Waals surface area contributed by atoms with E-state index < -0.39 is 17.8 Å². The van der Waals surface area contributed by atoms with Crippen molar-refractivity contribution in [2.24, 2.45) is 5.73 Å². The molecule has 0 bridgehead atoms. The molecule has 26 heavy (non-hydrogen) atoms. The highest BCUT2D eigenvalue weighted by Gasteiger charge is 2.35. The van der Waals surface area contributed by atoms with Crippen LogP contribution in [0.3, 0.4) is 0 Å². The molecule has 1 aromatic carbocycles. The summed E-state index contributed by atoms with van der Waals surface area (Å²) in [5, 5.41) is 3.18. The van der Waals surface area contributed by atoms with E-state index in [-0.39, 0.29) is 21.4 Å². The quantitative estimate of drug-likeness (QED) is 0.690. The standard InChI is InChI=1S/C11H6Cl2F3N3O.C5H5N/c12-7-2-1-5(3-6(7)10(17)20)19-9(13)4-8(18-19)11(14,15)16;1-2-4-6-5-3-1/h1-4H,(H2,17,20);1-5H. The zero-order chi connectivity index (χ0) is 19.3. The second-order valence-corrected chi connectivity index (χ2v) is 5.61. The number of benzene rings is 1. The smallest absolute Gasteiger partial charge is 0.366 e. The molecule has 2 heterocycles. The van der Waals surface area contributed by atoms with Crippen molar-refractivity contribution >= 4 is 29.1 Å². The molecule has 0 saturated carbocycles. The maximum atomic E-state index is 12.5. The fourth-order valence-electron chi connectivity index (χ4n) is 1.82. The van der Waals surface area contributed by atoms with Gasteiger partial charge in [-0.05, 0) is 30.3 Å². The number of hydrogen-bond donors (Lipinski definition) is 1. The van der Waals surface area contributed by atoms with Gasteiger partial charge in [-0.1, -0.05) is 29.3 Å². The van der Waals surface area contributed by atoms with Crippen molar-refractivity contribution in [2.75, 3.05) is 0 Å². The number of carbonyl (C=O) groups is 1. The number of primary amides is 1. The lowest BCUT2D eigenvalue weighted by atomic mass is 10.2. The molecule has 136 valence electrons. The van der Waals surface area contributed by atoms with Crippen LogP contribution in [0.25, 0.3) is 5.69 Å². The van der Waals surface area contributed by atoms with Crippen LogP contribution < -0.4 is 5.73 Å². The van der Waals surface area contributed by atoms with Gasteiger partial charge in [-0.3, -0.25) is 9.78 Å². The van der Waals surface area contributed by atoms with Crippen LogP contribution in [0.4, 0.5) is 13.2 Å². The largest absolute Gasteiger partial charge is 0.435 e. The van der Waals surface area contributed by atoms with E-state index in [1.807, 2.05) is 18.2 Å². The summed E-state index contributed by atoms with van der Waals surface area (Å²) in [7, 11) is 0. The van der Waals surface area contributed by atoms with E-state index in [0.717, 1.165) is 4.68 Å². The van der Waals surface area contributed by atoms with Crippen LogP contribution in [0, 0.1) is 0 Å². The minimum Gasteiger partial charge on any atom is -0.366 e.